The summed E-state index contributed by atoms with van der Waals surface area (Å²) in [5, 5.41) is 0. The number of ether oxygens (including phenoxy) is 2. The molecule has 1 heterocycles. The Bertz CT molecular complexity index is 1120. The van der Waals surface area contributed by atoms with Gasteiger partial charge >= 0.3 is 0 Å². The molecule has 0 atom stereocenters. The number of halogens is 2. The maximum Gasteiger partial charge on any atom is 0.207 e. The molecule has 1 aliphatic carbocycles. The molecule has 3 aromatic rings. The molecule has 2 nitrogen and oxygen atoms in total. The SMILES string of the molecule is CCOc1ccc2c(c1F)OCc1c-2ccc(CCc2ccc(C3CCCC3)cc2)c1F. The molecule has 0 N–H and O–H groups in total. The van der Waals surface area contributed by atoms with Gasteiger partial charge in [0.05, 0.1) is 6.61 Å². The van der Waals surface area contributed by atoms with Crippen LogP contribution in [0.5, 0.6) is 11.5 Å². The van der Waals surface area contributed by atoms with Crippen LogP contribution in [-0.4, -0.2) is 6.61 Å². The number of benzene rings is 3. The summed E-state index contributed by atoms with van der Waals surface area (Å²) in [6.45, 7) is 2.19. The second kappa shape index (κ2) is 8.93. The fourth-order valence-corrected chi connectivity index (χ4v) is 5.05. The van der Waals surface area contributed by atoms with Crippen LogP contribution < -0.4 is 9.47 Å². The maximum atomic E-state index is 15.3. The molecule has 1 aliphatic heterocycles. The van der Waals surface area contributed by atoms with Crippen LogP contribution in [0.2, 0.25) is 0 Å². The van der Waals surface area contributed by atoms with Gasteiger partial charge in [-0.2, -0.15) is 4.39 Å². The Hall–Kier alpha value is -2.88. The first kappa shape index (κ1) is 21.0. The molecular weight excluding hydrogens is 406 g/mol. The fourth-order valence-electron chi connectivity index (χ4n) is 5.05. The number of fused-ring (bicyclic) bond motifs is 3. The number of rotatable bonds is 6. The summed E-state index contributed by atoms with van der Waals surface area (Å²) in [7, 11) is 0. The monoisotopic (exact) mass is 434 g/mol. The van der Waals surface area contributed by atoms with Crippen molar-refractivity contribution in [2.75, 3.05) is 6.61 Å². The van der Waals surface area contributed by atoms with Crippen molar-refractivity contribution in [2.24, 2.45) is 0 Å². The third-order valence-corrected chi connectivity index (χ3v) is 6.83. The topological polar surface area (TPSA) is 18.5 Å². The second-order valence-corrected chi connectivity index (χ2v) is 8.76. The van der Waals surface area contributed by atoms with Crippen molar-refractivity contribution in [2.45, 2.75) is 58.0 Å². The van der Waals surface area contributed by atoms with E-state index in [-0.39, 0.29) is 23.9 Å². The molecule has 0 aromatic heterocycles. The summed E-state index contributed by atoms with van der Waals surface area (Å²) in [5.74, 6) is 0.230. The Morgan fingerprint density at radius 2 is 1.62 bits per heavy atom. The quantitative estimate of drug-likeness (QED) is 0.403. The van der Waals surface area contributed by atoms with Crippen molar-refractivity contribution >= 4 is 0 Å². The second-order valence-electron chi connectivity index (χ2n) is 8.76. The summed E-state index contributed by atoms with van der Waals surface area (Å²) in [4.78, 5) is 0. The van der Waals surface area contributed by atoms with Gasteiger partial charge in [0, 0.05) is 11.1 Å². The van der Waals surface area contributed by atoms with Crippen molar-refractivity contribution in [3.8, 4) is 22.6 Å². The third-order valence-electron chi connectivity index (χ3n) is 6.83. The lowest BCUT2D eigenvalue weighted by Crippen LogP contribution is -2.12. The zero-order chi connectivity index (χ0) is 22.1. The van der Waals surface area contributed by atoms with E-state index in [1.807, 2.05) is 12.1 Å². The van der Waals surface area contributed by atoms with E-state index in [1.54, 1.807) is 19.1 Å². The van der Waals surface area contributed by atoms with E-state index in [0.29, 0.717) is 41.2 Å². The largest absolute Gasteiger partial charge is 0.491 e. The van der Waals surface area contributed by atoms with Crippen molar-refractivity contribution in [1.29, 1.82) is 0 Å². The van der Waals surface area contributed by atoms with Gasteiger partial charge in [-0.1, -0.05) is 49.2 Å². The molecule has 0 unspecified atom stereocenters. The average molecular weight is 435 g/mol. The van der Waals surface area contributed by atoms with Crippen molar-refractivity contribution in [3.05, 3.63) is 82.4 Å². The summed E-state index contributed by atoms with van der Waals surface area (Å²) < 4.78 is 41.0. The number of aryl methyl sites for hydroxylation is 2. The highest BCUT2D eigenvalue weighted by molar-refractivity contribution is 5.76. The van der Waals surface area contributed by atoms with Gasteiger partial charge in [0.2, 0.25) is 5.82 Å². The predicted octanol–water partition coefficient (Wildman–Crippen LogP) is 7.37. The van der Waals surface area contributed by atoms with Crippen LogP contribution in [-0.2, 0) is 19.4 Å². The lowest BCUT2D eigenvalue weighted by atomic mass is 9.92. The lowest BCUT2D eigenvalue weighted by molar-refractivity contribution is 0.266. The van der Waals surface area contributed by atoms with Gasteiger partial charge in [-0.05, 0) is 72.9 Å². The molecule has 5 rings (SSSR count). The van der Waals surface area contributed by atoms with Gasteiger partial charge in [0.25, 0.3) is 0 Å². The average Bonchev–Trinajstić information content (AvgIpc) is 3.36. The van der Waals surface area contributed by atoms with E-state index in [9.17, 15) is 4.39 Å². The smallest absolute Gasteiger partial charge is 0.207 e. The van der Waals surface area contributed by atoms with E-state index in [2.05, 4.69) is 24.3 Å². The summed E-state index contributed by atoms with van der Waals surface area (Å²) in [5.41, 5.74) is 5.07. The highest BCUT2D eigenvalue weighted by Gasteiger charge is 2.26. The molecule has 0 spiro atoms. The highest BCUT2D eigenvalue weighted by atomic mass is 19.1. The van der Waals surface area contributed by atoms with E-state index in [1.165, 1.54) is 36.8 Å². The van der Waals surface area contributed by atoms with Gasteiger partial charge < -0.3 is 9.47 Å². The molecule has 3 aromatic carbocycles. The van der Waals surface area contributed by atoms with Gasteiger partial charge in [-0.15, -0.1) is 0 Å². The first-order valence-electron chi connectivity index (χ1n) is 11.6. The molecule has 32 heavy (non-hydrogen) atoms. The normalized spacial score (nSPS) is 15.2. The van der Waals surface area contributed by atoms with Crippen molar-refractivity contribution in [3.63, 3.8) is 0 Å². The molecule has 0 radical (unpaired) electrons. The molecule has 0 saturated heterocycles. The Morgan fingerprint density at radius 1 is 0.875 bits per heavy atom. The number of hydrogen-bond donors (Lipinski definition) is 0. The first-order valence-corrected chi connectivity index (χ1v) is 11.6. The molecule has 1 fully saturated rings. The van der Waals surface area contributed by atoms with Crippen LogP contribution in [0.3, 0.4) is 0 Å². The fraction of sp³-hybridized carbons (Fsp3) is 0.357. The summed E-state index contributed by atoms with van der Waals surface area (Å²) in [6, 6.07) is 15.9. The highest BCUT2D eigenvalue weighted by Crippen LogP contribution is 2.43. The molecule has 0 bridgehead atoms. The molecule has 1 saturated carbocycles. The van der Waals surface area contributed by atoms with Crippen LogP contribution >= 0.6 is 0 Å². The zero-order valence-corrected chi connectivity index (χ0v) is 18.4. The summed E-state index contributed by atoms with van der Waals surface area (Å²) in [6.07, 6.45) is 6.65. The zero-order valence-electron chi connectivity index (χ0n) is 18.4. The Kier molecular flexibility index (Phi) is 5.86. The number of hydrogen-bond acceptors (Lipinski definition) is 2. The maximum absolute atomic E-state index is 15.3. The minimum absolute atomic E-state index is 0.0184. The van der Waals surface area contributed by atoms with E-state index in [0.717, 1.165) is 6.42 Å². The molecule has 4 heteroatoms. The standard InChI is InChI=1S/C28H28F2O2/c1-2-31-25-16-15-23-22-14-13-21(26(29)24(22)17-32-28(23)27(25)30)12-9-18-7-10-20(11-8-18)19-5-3-4-6-19/h7-8,10-11,13-16,19H,2-6,9,12,17H2,1H3. The van der Waals surface area contributed by atoms with Gasteiger partial charge in [0.15, 0.2) is 11.5 Å². The lowest BCUT2D eigenvalue weighted by Gasteiger charge is -2.23. The van der Waals surface area contributed by atoms with Crippen LogP contribution in [0.25, 0.3) is 11.1 Å². The van der Waals surface area contributed by atoms with Crippen LogP contribution in [0, 0.1) is 11.6 Å². The first-order chi connectivity index (χ1) is 15.7. The van der Waals surface area contributed by atoms with E-state index in [4.69, 9.17) is 9.47 Å². The van der Waals surface area contributed by atoms with Gasteiger partial charge in [-0.3, -0.25) is 0 Å². The Labute approximate surface area is 188 Å². The molecule has 166 valence electrons. The Morgan fingerprint density at radius 3 is 2.38 bits per heavy atom. The third kappa shape index (κ3) is 3.87. The minimum Gasteiger partial charge on any atom is -0.491 e. The summed E-state index contributed by atoms with van der Waals surface area (Å²) >= 11 is 0. The Balaban J connectivity index is 1.34. The van der Waals surface area contributed by atoms with Gasteiger partial charge in [-0.25, -0.2) is 4.39 Å². The van der Waals surface area contributed by atoms with Crippen molar-refractivity contribution < 1.29 is 18.3 Å². The van der Waals surface area contributed by atoms with Gasteiger partial charge in [0.1, 0.15) is 12.4 Å². The van der Waals surface area contributed by atoms with E-state index < -0.39 is 5.82 Å². The van der Waals surface area contributed by atoms with Crippen LogP contribution in [0.1, 0.15) is 60.8 Å². The van der Waals surface area contributed by atoms with Crippen molar-refractivity contribution in [1.82, 2.24) is 0 Å². The van der Waals surface area contributed by atoms with Crippen LogP contribution in [0.15, 0.2) is 48.5 Å². The van der Waals surface area contributed by atoms with E-state index >= 15 is 4.39 Å². The minimum atomic E-state index is -0.527. The molecule has 0 amide bonds. The van der Waals surface area contributed by atoms with Crippen LogP contribution in [0.4, 0.5) is 8.78 Å². The predicted molar refractivity (Wildman–Crippen MR) is 122 cm³/mol. The molecular formula is C28H28F2O2. The molecule has 2 aliphatic rings.